The molecule has 0 spiro atoms. The van der Waals surface area contributed by atoms with E-state index < -0.39 is 0 Å². The third kappa shape index (κ3) is 2.32. The van der Waals surface area contributed by atoms with Gasteiger partial charge >= 0.3 is 0 Å². The second kappa shape index (κ2) is 5.21. The molecule has 1 fully saturated rings. The maximum absolute atomic E-state index is 12.6. The molecule has 1 aromatic carbocycles. The first kappa shape index (κ1) is 12.5. The molecule has 0 radical (unpaired) electrons. The summed E-state index contributed by atoms with van der Waals surface area (Å²) in [6.07, 6.45) is 2.85. The normalized spacial score (nSPS) is 19.3. The quantitative estimate of drug-likeness (QED) is 0.878. The molecular weight excluding hydrogens is 240 g/mol. The standard InChI is InChI=1S/C15H20N2O2/c1-19-13-2-3-14-12(10-13)6-9-17(14)15(18)11-4-7-16-8-5-11/h2-3,10-11,16H,4-9H2,1H3. The molecule has 0 aromatic heterocycles. The summed E-state index contributed by atoms with van der Waals surface area (Å²) >= 11 is 0. The molecule has 4 heteroatoms. The van der Waals surface area contributed by atoms with Crippen LogP contribution in [0.2, 0.25) is 0 Å². The van der Waals surface area contributed by atoms with Crippen LogP contribution in [-0.4, -0.2) is 32.7 Å². The van der Waals surface area contributed by atoms with E-state index >= 15 is 0 Å². The molecule has 0 unspecified atom stereocenters. The van der Waals surface area contributed by atoms with E-state index in [1.54, 1.807) is 7.11 Å². The first-order chi connectivity index (χ1) is 9.29. The minimum absolute atomic E-state index is 0.189. The Labute approximate surface area is 113 Å². The molecule has 102 valence electrons. The zero-order chi connectivity index (χ0) is 13.2. The van der Waals surface area contributed by atoms with E-state index in [9.17, 15) is 4.79 Å². The van der Waals surface area contributed by atoms with E-state index in [1.165, 1.54) is 5.56 Å². The summed E-state index contributed by atoms with van der Waals surface area (Å²) in [5.74, 6) is 1.36. The molecule has 19 heavy (non-hydrogen) atoms. The Morgan fingerprint density at radius 2 is 2.16 bits per heavy atom. The SMILES string of the molecule is COc1ccc2c(c1)CCN2C(=O)C1CCNCC1. The summed E-state index contributed by atoms with van der Waals surface area (Å²) < 4.78 is 5.24. The van der Waals surface area contributed by atoms with Crippen LogP contribution in [0, 0.1) is 5.92 Å². The van der Waals surface area contributed by atoms with E-state index in [0.29, 0.717) is 5.91 Å². The zero-order valence-electron chi connectivity index (χ0n) is 11.3. The van der Waals surface area contributed by atoms with Crippen molar-refractivity contribution in [2.24, 2.45) is 5.92 Å². The molecule has 0 aliphatic carbocycles. The Bertz CT molecular complexity index is 481. The van der Waals surface area contributed by atoms with Crippen LogP contribution >= 0.6 is 0 Å². The number of ether oxygens (including phenoxy) is 1. The molecule has 1 saturated heterocycles. The van der Waals surface area contributed by atoms with Crippen LogP contribution in [0.5, 0.6) is 5.75 Å². The lowest BCUT2D eigenvalue weighted by molar-refractivity contribution is -0.123. The molecule has 1 aromatic rings. The van der Waals surface area contributed by atoms with E-state index in [4.69, 9.17) is 4.74 Å². The number of rotatable bonds is 2. The van der Waals surface area contributed by atoms with E-state index in [-0.39, 0.29) is 5.92 Å². The third-order valence-electron chi connectivity index (χ3n) is 4.14. The number of nitrogens with one attached hydrogen (secondary N) is 1. The van der Waals surface area contributed by atoms with E-state index in [0.717, 1.165) is 50.3 Å². The zero-order valence-corrected chi connectivity index (χ0v) is 11.3. The van der Waals surface area contributed by atoms with Gasteiger partial charge in [0.05, 0.1) is 7.11 Å². The van der Waals surface area contributed by atoms with Gasteiger partial charge in [-0.25, -0.2) is 0 Å². The smallest absolute Gasteiger partial charge is 0.230 e. The highest BCUT2D eigenvalue weighted by Gasteiger charge is 2.30. The van der Waals surface area contributed by atoms with Crippen molar-refractivity contribution < 1.29 is 9.53 Å². The maximum Gasteiger partial charge on any atom is 0.230 e. The van der Waals surface area contributed by atoms with Crippen LogP contribution in [0.1, 0.15) is 18.4 Å². The summed E-state index contributed by atoms with van der Waals surface area (Å²) in [6, 6.07) is 6.00. The Kier molecular flexibility index (Phi) is 3.42. The average Bonchev–Trinajstić information content (AvgIpc) is 2.90. The molecule has 1 N–H and O–H groups in total. The van der Waals surface area contributed by atoms with Crippen molar-refractivity contribution >= 4 is 11.6 Å². The average molecular weight is 260 g/mol. The van der Waals surface area contributed by atoms with Crippen molar-refractivity contribution in [2.45, 2.75) is 19.3 Å². The van der Waals surface area contributed by atoms with Gasteiger partial charge in [0.25, 0.3) is 0 Å². The van der Waals surface area contributed by atoms with Gasteiger partial charge in [-0.05, 0) is 56.1 Å². The molecule has 1 amide bonds. The summed E-state index contributed by atoms with van der Waals surface area (Å²) in [7, 11) is 1.68. The van der Waals surface area contributed by atoms with Crippen LogP contribution in [0.3, 0.4) is 0 Å². The van der Waals surface area contributed by atoms with Gasteiger partial charge in [-0.2, -0.15) is 0 Å². The predicted molar refractivity (Wildman–Crippen MR) is 74.6 cm³/mol. The van der Waals surface area contributed by atoms with E-state index in [2.05, 4.69) is 5.32 Å². The van der Waals surface area contributed by atoms with Crippen molar-refractivity contribution in [2.75, 3.05) is 31.6 Å². The summed E-state index contributed by atoms with van der Waals surface area (Å²) in [5.41, 5.74) is 2.30. The number of piperidine rings is 1. The molecular formula is C15H20N2O2. The van der Waals surface area contributed by atoms with Crippen LogP contribution in [0.4, 0.5) is 5.69 Å². The number of benzene rings is 1. The van der Waals surface area contributed by atoms with Gasteiger partial charge in [0.1, 0.15) is 5.75 Å². The molecule has 2 heterocycles. The number of hydrogen-bond acceptors (Lipinski definition) is 3. The first-order valence-corrected chi connectivity index (χ1v) is 6.98. The number of hydrogen-bond donors (Lipinski definition) is 1. The van der Waals surface area contributed by atoms with Crippen molar-refractivity contribution in [1.29, 1.82) is 0 Å². The van der Waals surface area contributed by atoms with Crippen LogP contribution in [0.15, 0.2) is 18.2 Å². The Balaban J connectivity index is 1.79. The molecule has 0 atom stereocenters. The van der Waals surface area contributed by atoms with Gasteiger partial charge in [-0.15, -0.1) is 0 Å². The number of anilines is 1. The Hall–Kier alpha value is -1.55. The number of carbonyl (C=O) groups is 1. The Morgan fingerprint density at radius 3 is 2.89 bits per heavy atom. The second-order valence-corrected chi connectivity index (χ2v) is 5.26. The largest absolute Gasteiger partial charge is 0.497 e. The fraction of sp³-hybridized carbons (Fsp3) is 0.533. The first-order valence-electron chi connectivity index (χ1n) is 6.98. The van der Waals surface area contributed by atoms with Gasteiger partial charge in [-0.1, -0.05) is 0 Å². The van der Waals surface area contributed by atoms with Crippen LogP contribution in [0.25, 0.3) is 0 Å². The number of fused-ring (bicyclic) bond motifs is 1. The van der Waals surface area contributed by atoms with Gasteiger partial charge in [0.2, 0.25) is 5.91 Å². The monoisotopic (exact) mass is 260 g/mol. The number of methoxy groups -OCH3 is 1. The summed E-state index contributed by atoms with van der Waals surface area (Å²) in [6.45, 7) is 2.73. The predicted octanol–water partition coefficient (Wildman–Crippen LogP) is 1.58. The lowest BCUT2D eigenvalue weighted by Crippen LogP contribution is -2.40. The van der Waals surface area contributed by atoms with Crippen molar-refractivity contribution in [3.8, 4) is 5.75 Å². The highest BCUT2D eigenvalue weighted by molar-refractivity contribution is 5.97. The van der Waals surface area contributed by atoms with Gasteiger partial charge < -0.3 is 15.0 Å². The molecule has 0 saturated carbocycles. The van der Waals surface area contributed by atoms with Crippen molar-refractivity contribution in [3.63, 3.8) is 0 Å². The molecule has 0 bridgehead atoms. The van der Waals surface area contributed by atoms with Gasteiger partial charge in [-0.3, -0.25) is 4.79 Å². The van der Waals surface area contributed by atoms with E-state index in [1.807, 2.05) is 23.1 Å². The number of carbonyl (C=O) groups excluding carboxylic acids is 1. The lowest BCUT2D eigenvalue weighted by Gasteiger charge is -2.27. The topological polar surface area (TPSA) is 41.6 Å². The maximum atomic E-state index is 12.6. The number of amides is 1. The highest BCUT2D eigenvalue weighted by atomic mass is 16.5. The molecule has 2 aliphatic rings. The van der Waals surface area contributed by atoms with Crippen LogP contribution in [-0.2, 0) is 11.2 Å². The fourth-order valence-corrected chi connectivity index (χ4v) is 3.02. The van der Waals surface area contributed by atoms with Crippen molar-refractivity contribution in [3.05, 3.63) is 23.8 Å². The van der Waals surface area contributed by atoms with Gasteiger partial charge in [0, 0.05) is 18.2 Å². The molecule has 3 rings (SSSR count). The highest BCUT2D eigenvalue weighted by Crippen LogP contribution is 2.33. The minimum atomic E-state index is 0.189. The van der Waals surface area contributed by atoms with Crippen LogP contribution < -0.4 is 15.0 Å². The molecule has 4 nitrogen and oxygen atoms in total. The third-order valence-corrected chi connectivity index (χ3v) is 4.14. The Morgan fingerprint density at radius 1 is 1.37 bits per heavy atom. The lowest BCUT2D eigenvalue weighted by atomic mass is 9.96. The van der Waals surface area contributed by atoms with Crippen molar-refractivity contribution in [1.82, 2.24) is 5.32 Å². The molecule has 2 aliphatic heterocycles. The number of nitrogens with zero attached hydrogens (tertiary/aromatic N) is 1. The second-order valence-electron chi connectivity index (χ2n) is 5.26. The van der Waals surface area contributed by atoms with Gasteiger partial charge in [0.15, 0.2) is 0 Å². The summed E-state index contributed by atoms with van der Waals surface area (Å²) in [5, 5.41) is 3.31. The fourth-order valence-electron chi connectivity index (χ4n) is 3.02. The minimum Gasteiger partial charge on any atom is -0.497 e. The summed E-state index contributed by atoms with van der Waals surface area (Å²) in [4.78, 5) is 14.5.